The van der Waals surface area contributed by atoms with Crippen LogP contribution in [0.25, 0.3) is 0 Å². The van der Waals surface area contributed by atoms with E-state index >= 15 is 0 Å². The van der Waals surface area contributed by atoms with Crippen LogP contribution in [0, 0.1) is 0 Å². The van der Waals surface area contributed by atoms with E-state index in [4.69, 9.17) is 91.2 Å². The highest BCUT2D eigenvalue weighted by atomic mass is 79.9. The molecule has 12 nitrogen and oxygen atoms in total. The van der Waals surface area contributed by atoms with Crippen molar-refractivity contribution in [1.29, 1.82) is 0 Å². The van der Waals surface area contributed by atoms with Gasteiger partial charge in [-0.15, -0.1) is 11.6 Å². The lowest BCUT2D eigenvalue weighted by Gasteiger charge is -2.17. The number of carbonyl (C=O) groups excluding carboxylic acids is 2. The average Bonchev–Trinajstić information content (AvgIpc) is 4.07. The number of benzene rings is 6. The molecule has 380 valence electrons. The lowest BCUT2D eigenvalue weighted by Crippen LogP contribution is -2.35. The summed E-state index contributed by atoms with van der Waals surface area (Å²) < 4.78 is 39.9. The standard InChI is InChI=1S/C25H22BrCl2NO5.C17H14BrCl2NO4.C8H9ClO.2H2S/c1-31-18-4-2-15(3-5-18)13-33-23-7-6-19(34-24-21(27)10-16(26)11-22(24)28)12-20(23)25(30)29-17-8-9-32-14-17;18-9-5-13(19)16(14(20)6-9)25-11-1-2-15(22)12(7-11)17(23)21-10-3-4-24-8-10;1-10-8-4-2-7(6-9)3-5-8;;/h2-7,10-12,17H,8-9,13-14H2,1H3,(H,29,30);1-2,5-7,10,22H,3-4,8H2,(H,21,23);2-5H,6H2,1H3;2*1H2/t17-;10-;;;/m00.../s1. The molecule has 6 aromatic carbocycles. The molecule has 2 saturated heterocycles. The first-order chi connectivity index (χ1) is 33.2. The van der Waals surface area contributed by atoms with Gasteiger partial charge < -0.3 is 48.9 Å². The lowest BCUT2D eigenvalue weighted by atomic mass is 10.1. The topological polar surface area (TPSA) is 143 Å². The quantitative estimate of drug-likeness (QED) is 0.0902. The molecular formula is C50H49Br2Cl5N2O10S2. The van der Waals surface area contributed by atoms with Gasteiger partial charge in [-0.2, -0.15) is 27.0 Å². The van der Waals surface area contributed by atoms with Gasteiger partial charge in [-0.1, -0.05) is 103 Å². The van der Waals surface area contributed by atoms with E-state index in [9.17, 15) is 14.7 Å². The van der Waals surface area contributed by atoms with Gasteiger partial charge in [-0.05, 0) is 109 Å². The average molecular weight is 1240 g/mol. The van der Waals surface area contributed by atoms with Gasteiger partial charge in [0.25, 0.3) is 11.8 Å². The molecule has 8 rings (SSSR count). The number of phenolic OH excluding ortho intramolecular Hbond substituents is 1. The zero-order valence-corrected chi connectivity index (χ0v) is 46.9. The maximum atomic E-state index is 13.1. The first-order valence-corrected chi connectivity index (χ1v) is 24.7. The number of methoxy groups -OCH3 is 2. The fourth-order valence-electron chi connectivity index (χ4n) is 6.55. The number of aromatic hydroxyl groups is 1. The summed E-state index contributed by atoms with van der Waals surface area (Å²) in [5, 5.41) is 17.1. The third kappa shape index (κ3) is 17.9. The summed E-state index contributed by atoms with van der Waals surface area (Å²) in [6, 6.07) is 31.1. The van der Waals surface area contributed by atoms with Crippen LogP contribution < -0.4 is 34.3 Å². The summed E-state index contributed by atoms with van der Waals surface area (Å²) in [7, 11) is 3.26. The fraction of sp³-hybridized carbons (Fsp3) is 0.240. The zero-order valence-electron chi connectivity index (χ0n) is 38.0. The van der Waals surface area contributed by atoms with Crippen LogP contribution in [0.2, 0.25) is 20.1 Å². The first-order valence-electron chi connectivity index (χ1n) is 21.1. The van der Waals surface area contributed by atoms with Crippen LogP contribution >= 0.6 is 117 Å². The molecule has 0 aromatic heterocycles. The highest BCUT2D eigenvalue weighted by Gasteiger charge is 2.24. The predicted molar refractivity (Wildman–Crippen MR) is 297 cm³/mol. The summed E-state index contributed by atoms with van der Waals surface area (Å²) in [5.41, 5.74) is 2.49. The number of rotatable bonds is 14. The van der Waals surface area contributed by atoms with Crippen LogP contribution in [0.3, 0.4) is 0 Å². The second-order valence-electron chi connectivity index (χ2n) is 15.1. The fourth-order valence-corrected chi connectivity index (χ4v) is 9.29. The third-order valence-corrected chi connectivity index (χ3v) is 12.5. The maximum Gasteiger partial charge on any atom is 0.255 e. The number of halogens is 7. The van der Waals surface area contributed by atoms with E-state index in [2.05, 4.69) is 42.5 Å². The molecule has 0 spiro atoms. The van der Waals surface area contributed by atoms with E-state index in [1.165, 1.54) is 18.2 Å². The number of ether oxygens (including phenoxy) is 7. The maximum absolute atomic E-state index is 13.1. The summed E-state index contributed by atoms with van der Waals surface area (Å²) in [4.78, 5) is 25.5. The number of carbonyl (C=O) groups is 2. The monoisotopic (exact) mass is 1230 g/mol. The number of nitrogens with one attached hydrogen (secondary N) is 2. The normalized spacial score (nSPS) is 14.4. The van der Waals surface area contributed by atoms with Crippen molar-refractivity contribution >= 4 is 129 Å². The van der Waals surface area contributed by atoms with Gasteiger partial charge in [-0.25, -0.2) is 0 Å². The molecule has 2 heterocycles. The summed E-state index contributed by atoms with van der Waals surface area (Å²) in [6.45, 7) is 2.46. The predicted octanol–water partition coefficient (Wildman–Crippen LogP) is 14.1. The lowest BCUT2D eigenvalue weighted by molar-refractivity contribution is 0.0917. The summed E-state index contributed by atoms with van der Waals surface area (Å²) in [6.07, 6.45) is 1.50. The van der Waals surface area contributed by atoms with Crippen molar-refractivity contribution in [3.05, 3.63) is 160 Å². The molecule has 6 aromatic rings. The van der Waals surface area contributed by atoms with Crippen LogP contribution in [0.5, 0.6) is 46.0 Å². The molecule has 0 aliphatic carbocycles. The molecular weight excluding hydrogens is 1190 g/mol. The van der Waals surface area contributed by atoms with Gasteiger partial charge in [0.05, 0.1) is 70.7 Å². The molecule has 0 radical (unpaired) electrons. The van der Waals surface area contributed by atoms with Crippen LogP contribution in [-0.4, -0.2) is 69.7 Å². The smallest absolute Gasteiger partial charge is 0.255 e. The van der Waals surface area contributed by atoms with E-state index < -0.39 is 5.91 Å². The highest BCUT2D eigenvalue weighted by Crippen LogP contribution is 2.41. The summed E-state index contributed by atoms with van der Waals surface area (Å²) >= 11 is 37.1. The Morgan fingerprint density at radius 1 is 0.606 bits per heavy atom. The van der Waals surface area contributed by atoms with Crippen molar-refractivity contribution in [2.75, 3.05) is 40.6 Å². The van der Waals surface area contributed by atoms with Crippen molar-refractivity contribution in [3.8, 4) is 46.0 Å². The molecule has 2 fully saturated rings. The van der Waals surface area contributed by atoms with Gasteiger partial charge >= 0.3 is 0 Å². The number of hydrogen-bond acceptors (Lipinski definition) is 10. The minimum Gasteiger partial charge on any atom is -0.507 e. The van der Waals surface area contributed by atoms with E-state index in [1.54, 1.807) is 56.7 Å². The molecule has 0 bridgehead atoms. The second-order valence-corrected chi connectivity index (χ2v) is 18.9. The van der Waals surface area contributed by atoms with Gasteiger partial charge in [0.15, 0.2) is 11.5 Å². The molecule has 0 unspecified atom stereocenters. The largest absolute Gasteiger partial charge is 0.507 e. The molecule has 2 atom stereocenters. The van der Waals surface area contributed by atoms with Crippen LogP contribution in [0.4, 0.5) is 0 Å². The van der Waals surface area contributed by atoms with Crippen LogP contribution in [0.1, 0.15) is 44.7 Å². The molecule has 2 aliphatic heterocycles. The Kier molecular flexibility index (Phi) is 25.0. The number of alkyl halides is 1. The van der Waals surface area contributed by atoms with E-state index in [1.807, 2.05) is 48.5 Å². The molecule has 2 amide bonds. The first kappa shape index (κ1) is 59.7. The number of phenols is 1. The molecule has 21 heteroatoms. The Hall–Kier alpha value is -3.91. The Morgan fingerprint density at radius 3 is 1.44 bits per heavy atom. The van der Waals surface area contributed by atoms with E-state index in [0.717, 1.165) is 44.4 Å². The van der Waals surface area contributed by atoms with Gasteiger partial charge in [0.2, 0.25) is 0 Å². The minimum atomic E-state index is -0.397. The molecule has 71 heavy (non-hydrogen) atoms. The Balaban J connectivity index is 0.000000259. The molecule has 0 saturated carbocycles. The van der Waals surface area contributed by atoms with Crippen molar-refractivity contribution in [2.45, 2.75) is 37.4 Å². The number of amides is 2. The summed E-state index contributed by atoms with van der Waals surface area (Å²) in [5.74, 6) is 3.09. The van der Waals surface area contributed by atoms with Crippen LogP contribution in [-0.2, 0) is 22.0 Å². The van der Waals surface area contributed by atoms with Crippen molar-refractivity contribution in [2.24, 2.45) is 0 Å². The second kappa shape index (κ2) is 29.7. The minimum absolute atomic E-state index is 0. The van der Waals surface area contributed by atoms with E-state index in [0.29, 0.717) is 81.0 Å². The van der Waals surface area contributed by atoms with Gasteiger partial charge in [0.1, 0.15) is 41.1 Å². The Labute approximate surface area is 467 Å². The van der Waals surface area contributed by atoms with E-state index in [-0.39, 0.29) is 68.7 Å². The third-order valence-electron chi connectivity index (χ3n) is 10.2. The molecule has 3 N–H and O–H groups in total. The Bertz CT molecular complexity index is 2630. The number of hydrogen-bond donors (Lipinski definition) is 3. The van der Waals surface area contributed by atoms with Crippen molar-refractivity contribution < 1.29 is 47.9 Å². The van der Waals surface area contributed by atoms with Crippen molar-refractivity contribution in [3.63, 3.8) is 0 Å². The van der Waals surface area contributed by atoms with Crippen LogP contribution in [0.15, 0.2) is 118 Å². The Morgan fingerprint density at radius 2 is 1.01 bits per heavy atom. The van der Waals surface area contributed by atoms with Crippen molar-refractivity contribution in [1.82, 2.24) is 10.6 Å². The zero-order chi connectivity index (χ0) is 49.5. The molecule has 2 aliphatic rings. The SMILES string of the molecule is COc1ccc(CCl)cc1.COc1ccc(COc2ccc(Oc3c(Cl)cc(Br)cc3Cl)cc2C(=O)N[C@H]2CCOC2)cc1.O=C(N[C@H]1CCOC1)c1cc(Oc2c(Cl)cc(Br)cc2Cl)ccc1O.S.S. The van der Waals surface area contributed by atoms with Gasteiger partial charge in [-0.3, -0.25) is 9.59 Å². The van der Waals surface area contributed by atoms with Gasteiger partial charge in [0, 0.05) is 28.0 Å². The highest BCUT2D eigenvalue weighted by molar-refractivity contribution is 9.10.